The Hall–Kier alpha value is -3.32. The van der Waals surface area contributed by atoms with Gasteiger partial charge in [-0.1, -0.05) is 23.7 Å². The van der Waals surface area contributed by atoms with Gasteiger partial charge in [0.25, 0.3) is 5.91 Å². The Labute approximate surface area is 192 Å². The molecule has 3 aromatic rings. The average Bonchev–Trinajstić information content (AvgIpc) is 3.22. The second kappa shape index (κ2) is 9.04. The summed E-state index contributed by atoms with van der Waals surface area (Å²) in [4.78, 5) is 23.5. The summed E-state index contributed by atoms with van der Waals surface area (Å²) in [6.07, 6.45) is 6.98. The molecule has 4 rings (SSSR count). The molecule has 0 N–H and O–H groups in total. The van der Waals surface area contributed by atoms with Crippen LogP contribution in [0.2, 0.25) is 5.15 Å². The number of amides is 1. The van der Waals surface area contributed by atoms with Crippen molar-refractivity contribution in [1.82, 2.24) is 19.4 Å². The molecule has 1 fully saturated rings. The first-order valence-corrected chi connectivity index (χ1v) is 10.7. The van der Waals surface area contributed by atoms with Gasteiger partial charge in [-0.25, -0.2) is 9.97 Å². The number of hydrogen-bond donors (Lipinski definition) is 0. The molecule has 1 aliphatic heterocycles. The van der Waals surface area contributed by atoms with E-state index in [2.05, 4.69) is 9.97 Å². The van der Waals surface area contributed by atoms with E-state index >= 15 is 0 Å². The zero-order chi connectivity index (χ0) is 22.8. The van der Waals surface area contributed by atoms with Crippen molar-refractivity contribution >= 4 is 23.6 Å². The van der Waals surface area contributed by atoms with E-state index in [0.29, 0.717) is 23.2 Å². The van der Waals surface area contributed by atoms with E-state index in [1.165, 1.54) is 0 Å². The lowest BCUT2D eigenvalue weighted by atomic mass is 10.1. The molecule has 32 heavy (non-hydrogen) atoms. The topological polar surface area (TPSA) is 69.5 Å². The van der Waals surface area contributed by atoms with E-state index in [-0.39, 0.29) is 18.1 Å². The Balaban J connectivity index is 1.62. The summed E-state index contributed by atoms with van der Waals surface area (Å²) in [6, 6.07) is 9.19. The third-order valence-electron chi connectivity index (χ3n) is 5.45. The molecule has 0 spiro atoms. The van der Waals surface area contributed by atoms with Crippen molar-refractivity contribution in [3.05, 3.63) is 76.8 Å². The Bertz CT molecular complexity index is 1160. The van der Waals surface area contributed by atoms with Crippen molar-refractivity contribution < 1.29 is 14.3 Å². The van der Waals surface area contributed by atoms with Gasteiger partial charge in [0.2, 0.25) is 0 Å². The number of methoxy groups -OCH3 is 1. The monoisotopic (exact) mass is 452 g/mol. The second-order valence-electron chi connectivity index (χ2n) is 7.84. The van der Waals surface area contributed by atoms with Crippen LogP contribution in [-0.2, 0) is 9.53 Å². The van der Waals surface area contributed by atoms with E-state index in [9.17, 15) is 4.79 Å². The summed E-state index contributed by atoms with van der Waals surface area (Å²) in [5.41, 5.74) is 3.50. The summed E-state index contributed by atoms with van der Waals surface area (Å²) in [5, 5.41) is 0.423. The number of carbonyl (C=O) groups is 1. The number of benzene rings is 1. The number of nitrogens with zero attached hydrogens (tertiary/aromatic N) is 4. The standard InChI is InChI=1S/C24H25ClN4O3/c1-15-12-28(14-27-15)20-7-5-18(9-21(20)31-4)10-22-24(30)29(13-16(2)32-22)17(3)19-6-8-23(25)26-11-19/h5-12,14,16-17H,13H2,1-4H3/t16?,17-/m1/s1. The summed E-state index contributed by atoms with van der Waals surface area (Å²) in [6.45, 7) is 6.35. The third-order valence-corrected chi connectivity index (χ3v) is 5.67. The van der Waals surface area contributed by atoms with Gasteiger partial charge in [-0.3, -0.25) is 4.79 Å². The van der Waals surface area contributed by atoms with Crippen LogP contribution < -0.4 is 4.74 Å². The van der Waals surface area contributed by atoms with Gasteiger partial charge in [0.05, 0.1) is 37.4 Å². The molecule has 0 bridgehead atoms. The molecule has 0 saturated carbocycles. The lowest BCUT2D eigenvalue weighted by Gasteiger charge is -2.37. The normalized spacial score (nSPS) is 18.5. The molecular weight excluding hydrogens is 428 g/mol. The van der Waals surface area contributed by atoms with Crippen LogP contribution in [0.1, 0.15) is 36.7 Å². The van der Waals surface area contributed by atoms with Gasteiger partial charge in [-0.2, -0.15) is 0 Å². The predicted molar refractivity (Wildman–Crippen MR) is 123 cm³/mol. The third kappa shape index (κ3) is 4.48. The highest BCUT2D eigenvalue weighted by molar-refractivity contribution is 6.29. The van der Waals surface area contributed by atoms with Gasteiger partial charge in [-0.15, -0.1) is 0 Å². The highest BCUT2D eigenvalue weighted by Crippen LogP contribution is 2.30. The SMILES string of the molecule is COc1cc(C=C2OC(C)CN([C@H](C)c3ccc(Cl)nc3)C2=O)ccc1-n1cnc(C)c1. The number of carbonyl (C=O) groups excluding carboxylic acids is 1. The molecular formula is C24H25ClN4O3. The van der Waals surface area contributed by atoms with Gasteiger partial charge < -0.3 is 18.9 Å². The number of halogens is 1. The Morgan fingerprint density at radius 2 is 2.09 bits per heavy atom. The van der Waals surface area contributed by atoms with Crippen LogP contribution >= 0.6 is 11.6 Å². The number of pyridine rings is 1. The minimum Gasteiger partial charge on any atom is -0.495 e. The quantitative estimate of drug-likeness (QED) is 0.418. The van der Waals surface area contributed by atoms with Crippen LogP contribution in [0.4, 0.5) is 0 Å². The molecule has 2 atom stereocenters. The van der Waals surface area contributed by atoms with Crippen molar-refractivity contribution in [2.75, 3.05) is 13.7 Å². The largest absolute Gasteiger partial charge is 0.495 e. The smallest absolute Gasteiger partial charge is 0.289 e. The van der Waals surface area contributed by atoms with E-state index in [4.69, 9.17) is 21.1 Å². The lowest BCUT2D eigenvalue weighted by molar-refractivity contribution is -0.141. The molecule has 7 nitrogen and oxygen atoms in total. The van der Waals surface area contributed by atoms with E-state index < -0.39 is 0 Å². The van der Waals surface area contributed by atoms with Crippen LogP contribution in [0, 0.1) is 6.92 Å². The minimum atomic E-state index is -0.168. The zero-order valence-corrected chi connectivity index (χ0v) is 19.2. The highest BCUT2D eigenvalue weighted by atomic mass is 35.5. The molecule has 3 heterocycles. The van der Waals surface area contributed by atoms with Crippen molar-refractivity contribution in [2.24, 2.45) is 0 Å². The molecule has 166 valence electrons. The second-order valence-corrected chi connectivity index (χ2v) is 8.23. The van der Waals surface area contributed by atoms with Gasteiger partial charge >= 0.3 is 0 Å². The van der Waals surface area contributed by atoms with Crippen molar-refractivity contribution in [3.63, 3.8) is 0 Å². The average molecular weight is 453 g/mol. The van der Waals surface area contributed by atoms with Crippen LogP contribution in [0.25, 0.3) is 11.8 Å². The molecule has 1 unspecified atom stereocenters. The summed E-state index contributed by atoms with van der Waals surface area (Å²) in [7, 11) is 1.62. The van der Waals surface area contributed by atoms with E-state index in [0.717, 1.165) is 22.5 Å². The molecule has 1 amide bonds. The summed E-state index contributed by atoms with van der Waals surface area (Å²) < 4.78 is 13.4. The summed E-state index contributed by atoms with van der Waals surface area (Å²) in [5.74, 6) is 0.801. The Morgan fingerprint density at radius 3 is 2.75 bits per heavy atom. The first-order chi connectivity index (χ1) is 15.4. The molecule has 8 heteroatoms. The molecule has 1 aromatic carbocycles. The van der Waals surface area contributed by atoms with Gasteiger partial charge in [0.1, 0.15) is 17.0 Å². The van der Waals surface area contributed by atoms with E-state index in [1.54, 1.807) is 36.7 Å². The van der Waals surface area contributed by atoms with E-state index in [1.807, 2.05) is 55.8 Å². The Kier molecular flexibility index (Phi) is 6.19. The number of aromatic nitrogens is 3. The van der Waals surface area contributed by atoms with Crippen molar-refractivity contribution in [3.8, 4) is 11.4 Å². The molecule has 1 aliphatic rings. The van der Waals surface area contributed by atoms with Gasteiger partial charge in [0.15, 0.2) is 5.76 Å². The zero-order valence-electron chi connectivity index (χ0n) is 18.4. The number of aryl methyl sites for hydroxylation is 1. The fourth-order valence-corrected chi connectivity index (χ4v) is 3.86. The molecule has 2 aromatic heterocycles. The molecule has 1 saturated heterocycles. The fourth-order valence-electron chi connectivity index (χ4n) is 3.75. The van der Waals surface area contributed by atoms with Crippen LogP contribution in [-0.4, -0.2) is 45.1 Å². The number of rotatable bonds is 5. The number of ether oxygens (including phenoxy) is 2. The van der Waals surface area contributed by atoms with Gasteiger partial charge in [-0.05, 0) is 56.2 Å². The van der Waals surface area contributed by atoms with Gasteiger partial charge in [0, 0.05) is 12.4 Å². The predicted octanol–water partition coefficient (Wildman–Crippen LogP) is 4.59. The van der Waals surface area contributed by atoms with Crippen LogP contribution in [0.15, 0.2) is 54.8 Å². The molecule has 0 aliphatic carbocycles. The minimum absolute atomic E-state index is 0.142. The molecule has 0 radical (unpaired) electrons. The fraction of sp³-hybridized carbons (Fsp3) is 0.292. The summed E-state index contributed by atoms with van der Waals surface area (Å²) >= 11 is 5.91. The first kappa shape index (κ1) is 21.9. The lowest BCUT2D eigenvalue weighted by Crippen LogP contribution is -2.45. The number of morpholine rings is 1. The number of hydrogen-bond acceptors (Lipinski definition) is 5. The first-order valence-electron chi connectivity index (χ1n) is 10.4. The van der Waals surface area contributed by atoms with Crippen LogP contribution in [0.3, 0.4) is 0 Å². The number of imidazole rings is 1. The van der Waals surface area contributed by atoms with Crippen molar-refractivity contribution in [1.29, 1.82) is 0 Å². The van der Waals surface area contributed by atoms with Crippen molar-refractivity contribution in [2.45, 2.75) is 32.9 Å². The maximum absolute atomic E-state index is 13.2. The van der Waals surface area contributed by atoms with Crippen LogP contribution in [0.5, 0.6) is 5.75 Å². The Morgan fingerprint density at radius 1 is 1.28 bits per heavy atom. The highest BCUT2D eigenvalue weighted by Gasteiger charge is 2.33. The maximum Gasteiger partial charge on any atom is 0.289 e. The maximum atomic E-state index is 13.2.